The van der Waals surface area contributed by atoms with E-state index in [1.165, 1.54) is 0 Å². The molecule has 45 nitrogen and oxygen atoms in total. The fourth-order valence-electron chi connectivity index (χ4n) is 6.43. The van der Waals surface area contributed by atoms with Crippen LogP contribution >= 0.6 is 86.0 Å². The van der Waals surface area contributed by atoms with E-state index in [9.17, 15) is 163 Å². The summed E-state index contributed by atoms with van der Waals surface area (Å²) in [5.41, 5.74) is -12.6. The van der Waals surface area contributed by atoms with Crippen LogP contribution in [0.4, 0.5) is 0 Å². The molecule has 2 fully saturated rings. The van der Waals surface area contributed by atoms with E-state index in [4.69, 9.17) is 0 Å². The van der Waals surface area contributed by atoms with Crippen molar-refractivity contribution < 1.29 is 213 Å². The second-order valence-corrected chi connectivity index (χ2v) is 26.0. The van der Waals surface area contributed by atoms with Gasteiger partial charge in [-0.2, -0.15) is 4.31 Å². The normalized spacial score (nSPS) is 33.3. The Morgan fingerprint density at radius 3 is 0.794 bits per heavy atom. The first kappa shape index (κ1) is 65.3. The first-order chi connectivity index (χ1) is 29.4. The molecule has 0 heterocycles. The monoisotopic (exact) mass is 1240 g/mol. The van der Waals surface area contributed by atoms with E-state index in [-0.39, 0.29) is 0 Å². The van der Waals surface area contributed by atoms with Crippen molar-refractivity contribution in [3.05, 3.63) is 0 Å². The third kappa shape index (κ3) is 19.1. The molecule has 0 aliphatic heterocycles. The molecule has 0 bridgehead atoms. The van der Waals surface area contributed by atoms with Crippen LogP contribution < -0.4 is 0 Å². The molecule has 0 saturated heterocycles. The molecule has 56 heteroatoms. The Labute approximate surface area is 370 Å². The Balaban J connectivity index is 4.11. The van der Waals surface area contributed by atoms with Crippen LogP contribution in [0.2, 0.25) is 0 Å². The van der Waals surface area contributed by atoms with E-state index >= 15 is 0 Å². The highest BCUT2D eigenvalue weighted by Gasteiger charge is 2.86. The average molecular weight is 1240 g/mol. The quantitative estimate of drug-likeness (QED) is 0.0423. The van der Waals surface area contributed by atoms with Gasteiger partial charge in [-0.3, -0.25) is 45.2 Å². The molecular weight excluding hydrogens is 1200 g/mol. The van der Waals surface area contributed by atoms with Gasteiger partial charge in [-0.1, -0.05) is 0 Å². The van der Waals surface area contributed by atoms with Gasteiger partial charge < -0.3 is 113 Å². The van der Waals surface area contributed by atoms with Crippen molar-refractivity contribution in [3.63, 3.8) is 0 Å². The van der Waals surface area contributed by atoms with Gasteiger partial charge in [0.1, 0.15) is 61.0 Å². The SMILES string of the molecule is O=P(O)(O)OC1C(O)C(OP(=O)(O)O)C(OP(=O)(O)O)(C2(OP(=O)(O)OP(=O)(O)O)C(OP(=O)(O)O)C(OP(=O)(O)O)C(O)C(OP(=O)(O)O)C2OP(=O)(O)O)C(OP(=O)(O)O)C1OP(=O)(O)O. The summed E-state index contributed by atoms with van der Waals surface area (Å²) in [6, 6.07) is 0. The number of aliphatic hydroxyl groups is 2. The minimum Gasteiger partial charge on any atom is -0.387 e. The summed E-state index contributed by atoms with van der Waals surface area (Å²) in [5.74, 6) is 0. The van der Waals surface area contributed by atoms with Crippen LogP contribution in [-0.2, 0) is 99.8 Å². The van der Waals surface area contributed by atoms with Gasteiger partial charge in [-0.15, -0.1) is 0 Å². The Kier molecular flexibility index (Phi) is 20.4. The highest BCUT2D eigenvalue weighted by atomic mass is 31.3. The maximum Gasteiger partial charge on any atom is 0.481 e. The average Bonchev–Trinajstić information content (AvgIpc) is 2.98. The molecule has 11 unspecified atom stereocenters. The van der Waals surface area contributed by atoms with Crippen molar-refractivity contribution in [2.75, 3.05) is 0 Å². The minimum atomic E-state index is -8.06. The molecule has 2 aliphatic rings. The molecular formula is C12H33O45P11. The van der Waals surface area contributed by atoms with Gasteiger partial charge in [0.25, 0.3) is 0 Å². The molecule has 2 rings (SSSR count). The number of rotatable bonds is 23. The fraction of sp³-hybridized carbons (Fsp3) is 1.00. The zero-order valence-corrected chi connectivity index (χ0v) is 40.8. The molecule has 2 saturated carbocycles. The lowest BCUT2D eigenvalue weighted by Crippen LogP contribution is -2.89. The summed E-state index contributed by atoms with van der Waals surface area (Å²) in [4.78, 5) is 210. The van der Waals surface area contributed by atoms with Gasteiger partial charge in [0.05, 0.1) is 0 Å². The summed E-state index contributed by atoms with van der Waals surface area (Å²) in [5, 5.41) is 23.0. The van der Waals surface area contributed by atoms with Gasteiger partial charge >= 0.3 is 86.0 Å². The Morgan fingerprint density at radius 2 is 0.515 bits per heavy atom. The summed E-state index contributed by atoms with van der Waals surface area (Å²) < 4.78 is 184. The predicted octanol–water partition coefficient (Wildman–Crippen LogP) is -6.63. The number of hydrogen-bond donors (Lipinski definition) is 23. The van der Waals surface area contributed by atoms with E-state index in [0.717, 1.165) is 0 Å². The first-order valence-electron chi connectivity index (χ1n) is 15.3. The second kappa shape index (κ2) is 21.3. The number of aliphatic hydroxyl groups excluding tert-OH is 2. The van der Waals surface area contributed by atoms with Crippen molar-refractivity contribution in [2.24, 2.45) is 0 Å². The van der Waals surface area contributed by atoms with Crippen LogP contribution in [0.25, 0.3) is 0 Å². The zero-order chi connectivity index (χ0) is 54.1. The van der Waals surface area contributed by atoms with Crippen LogP contribution in [0.1, 0.15) is 0 Å². The third-order valence-electron chi connectivity index (χ3n) is 7.63. The molecule has 0 radical (unpaired) electrons. The van der Waals surface area contributed by atoms with Gasteiger partial charge in [0.15, 0.2) is 11.2 Å². The molecule has 0 aromatic rings. The number of phosphoric ester groups is 10. The van der Waals surface area contributed by atoms with Gasteiger partial charge in [-0.05, 0) is 0 Å². The largest absolute Gasteiger partial charge is 0.481 e. The maximum absolute atomic E-state index is 13.9. The molecule has 0 spiro atoms. The topological polar surface area (TPSA) is 755 Å². The van der Waals surface area contributed by atoms with E-state index in [1.807, 2.05) is 0 Å². The number of phosphoric acid groups is 11. The molecule has 406 valence electrons. The van der Waals surface area contributed by atoms with Crippen molar-refractivity contribution >= 4 is 86.0 Å². The molecule has 23 N–H and O–H groups in total. The van der Waals surface area contributed by atoms with Crippen LogP contribution in [0.5, 0.6) is 0 Å². The van der Waals surface area contributed by atoms with E-state index < -0.39 is 158 Å². The minimum absolute atomic E-state index is 3.39. The lowest BCUT2D eigenvalue weighted by Gasteiger charge is -2.65. The van der Waals surface area contributed by atoms with Gasteiger partial charge in [0, 0.05) is 0 Å². The summed E-state index contributed by atoms with van der Waals surface area (Å²) >= 11 is 0. The third-order valence-corrected chi connectivity index (χ3v) is 14.5. The highest BCUT2D eigenvalue weighted by Crippen LogP contribution is 2.72. The maximum atomic E-state index is 13.9. The van der Waals surface area contributed by atoms with E-state index in [0.29, 0.717) is 0 Å². The van der Waals surface area contributed by atoms with E-state index in [1.54, 1.807) is 0 Å². The molecule has 0 aromatic carbocycles. The van der Waals surface area contributed by atoms with Crippen LogP contribution in [0.3, 0.4) is 0 Å². The second-order valence-electron chi connectivity index (χ2n) is 12.6. The molecule has 0 amide bonds. The zero-order valence-electron chi connectivity index (χ0n) is 31.0. The van der Waals surface area contributed by atoms with E-state index in [2.05, 4.69) is 49.5 Å². The summed E-state index contributed by atoms with van der Waals surface area (Å²) in [6.45, 7) is 0. The van der Waals surface area contributed by atoms with Gasteiger partial charge in [-0.25, -0.2) is 50.2 Å². The number of hydrogen-bond acceptors (Lipinski definition) is 24. The van der Waals surface area contributed by atoms with Crippen LogP contribution in [0.15, 0.2) is 0 Å². The Hall–Kier alpha value is 1.17. The Bertz CT molecular complexity index is 2290. The van der Waals surface area contributed by atoms with Crippen molar-refractivity contribution in [1.29, 1.82) is 0 Å². The summed E-state index contributed by atoms with van der Waals surface area (Å²) in [7, 11) is -80.2. The first-order valence-corrected chi connectivity index (χ1v) is 32.1. The van der Waals surface area contributed by atoms with Crippen LogP contribution in [-0.4, -0.2) is 185 Å². The lowest BCUT2D eigenvalue weighted by molar-refractivity contribution is -0.353. The highest BCUT2D eigenvalue weighted by molar-refractivity contribution is 7.60. The van der Waals surface area contributed by atoms with Crippen molar-refractivity contribution in [2.45, 2.75) is 72.2 Å². The van der Waals surface area contributed by atoms with Crippen molar-refractivity contribution in [1.82, 2.24) is 0 Å². The smallest absolute Gasteiger partial charge is 0.387 e. The molecule has 0 aromatic heterocycles. The molecule has 2 aliphatic carbocycles. The van der Waals surface area contributed by atoms with Crippen LogP contribution in [0, 0.1) is 0 Å². The molecule has 11 atom stereocenters. The Morgan fingerprint density at radius 1 is 0.265 bits per heavy atom. The fourth-order valence-corrected chi connectivity index (χ4v) is 13.6. The van der Waals surface area contributed by atoms with Crippen molar-refractivity contribution in [3.8, 4) is 0 Å². The molecule has 68 heavy (non-hydrogen) atoms. The lowest BCUT2D eigenvalue weighted by atomic mass is 9.58. The van der Waals surface area contributed by atoms with Gasteiger partial charge in [0.2, 0.25) is 0 Å². The standard InChI is InChI=1S/C12H33O45P11/c13-1-4(48-59(18,19)20)8(52-63(30,31)32)12(56-68(45,46)57-67(42,43)44,9(53-64(33,34)35)5(1)49-60(21,22)23)11(55-66(39,40)41)7(51-62(27,28)29)2(14)3(47-58(15,16)17)6(50-61(24,25)26)10(11)54-65(36,37)38/h1-10,13-14H,(H,45,46)(H2,15,16,17)(H2,18,19,20)(H2,21,22,23)(H2,24,25,26)(H2,27,28,29)(H2,30,31,32)(H2,33,34,35)(H2,36,37,38)(H2,39,40,41)(H2,42,43,44). The predicted molar refractivity (Wildman–Crippen MR) is 190 cm³/mol. The summed E-state index contributed by atoms with van der Waals surface area (Å²) in [6.07, 6.45) is -45.9.